The summed E-state index contributed by atoms with van der Waals surface area (Å²) in [4.78, 5) is 20.2. The number of nitrogens with one attached hydrogen (secondary N) is 1. The number of likely N-dealkylation sites (tertiary alicyclic amines) is 1. The summed E-state index contributed by atoms with van der Waals surface area (Å²) in [7, 11) is 0. The Morgan fingerprint density at radius 1 is 1.41 bits per heavy atom. The Morgan fingerprint density at radius 3 is 2.95 bits per heavy atom. The molecule has 1 amide bonds. The minimum absolute atomic E-state index is 0.0127. The maximum Gasteiger partial charge on any atom is 0.237 e. The van der Waals surface area contributed by atoms with E-state index in [2.05, 4.69) is 27.3 Å². The fourth-order valence-electron chi connectivity index (χ4n) is 2.89. The number of aryl methyl sites for hydroxylation is 1. The number of hydrogen-bond donors (Lipinski definition) is 1. The first-order valence-corrected chi connectivity index (χ1v) is 8.51. The smallest absolute Gasteiger partial charge is 0.237 e. The predicted octanol–water partition coefficient (Wildman–Crippen LogP) is 2.73. The molecule has 1 aromatic carbocycles. The molecule has 1 aromatic heterocycles. The first kappa shape index (κ1) is 15.2. The first-order valence-electron chi connectivity index (χ1n) is 7.69. The third-order valence-corrected chi connectivity index (χ3v) is 4.89. The van der Waals surface area contributed by atoms with E-state index in [4.69, 9.17) is 0 Å². The van der Waals surface area contributed by atoms with Crippen LogP contribution in [0.25, 0.3) is 0 Å². The lowest BCUT2D eigenvalue weighted by Crippen LogP contribution is -2.42. The third-order valence-electron chi connectivity index (χ3n) is 3.98. The van der Waals surface area contributed by atoms with E-state index in [9.17, 15) is 4.79 Å². The Bertz CT molecular complexity index is 626. The predicted molar refractivity (Wildman–Crippen MR) is 88.6 cm³/mol. The zero-order valence-electron chi connectivity index (χ0n) is 12.8. The van der Waals surface area contributed by atoms with E-state index in [1.54, 1.807) is 11.3 Å². The Labute approximate surface area is 135 Å². The lowest BCUT2D eigenvalue weighted by molar-refractivity contribution is -0.125. The highest BCUT2D eigenvalue weighted by atomic mass is 32.1. The summed E-state index contributed by atoms with van der Waals surface area (Å²) in [6, 6.07) is 10.3. The molecule has 2 heterocycles. The number of rotatable bonds is 5. The SMILES string of the molecule is Cc1cnc(CNC(=O)[C@@H]2CCCN2Cc2ccccc2)s1. The van der Waals surface area contributed by atoms with Crippen LogP contribution in [0.3, 0.4) is 0 Å². The van der Waals surface area contributed by atoms with Gasteiger partial charge in [0.15, 0.2) is 0 Å². The summed E-state index contributed by atoms with van der Waals surface area (Å²) in [6.45, 7) is 4.40. The van der Waals surface area contributed by atoms with Crippen LogP contribution in [0.5, 0.6) is 0 Å². The number of hydrogen-bond acceptors (Lipinski definition) is 4. The zero-order valence-corrected chi connectivity index (χ0v) is 13.6. The fourth-order valence-corrected chi connectivity index (χ4v) is 3.62. The van der Waals surface area contributed by atoms with Gasteiger partial charge < -0.3 is 5.32 Å². The molecule has 1 aliphatic rings. The van der Waals surface area contributed by atoms with E-state index in [-0.39, 0.29) is 11.9 Å². The summed E-state index contributed by atoms with van der Waals surface area (Å²) in [5, 5.41) is 4.01. The molecule has 0 radical (unpaired) electrons. The summed E-state index contributed by atoms with van der Waals surface area (Å²) >= 11 is 1.64. The minimum atomic E-state index is -0.0127. The van der Waals surface area contributed by atoms with Crippen molar-refractivity contribution in [3.8, 4) is 0 Å². The molecule has 0 unspecified atom stereocenters. The molecular weight excluding hydrogens is 294 g/mol. The van der Waals surface area contributed by atoms with Gasteiger partial charge in [-0.05, 0) is 31.9 Å². The normalized spacial score (nSPS) is 18.5. The van der Waals surface area contributed by atoms with E-state index >= 15 is 0 Å². The van der Waals surface area contributed by atoms with E-state index in [0.717, 1.165) is 30.9 Å². The van der Waals surface area contributed by atoms with Gasteiger partial charge in [0.1, 0.15) is 5.01 Å². The van der Waals surface area contributed by atoms with Crippen LogP contribution >= 0.6 is 11.3 Å². The van der Waals surface area contributed by atoms with Gasteiger partial charge in [0.25, 0.3) is 0 Å². The summed E-state index contributed by atoms with van der Waals surface area (Å²) in [5.41, 5.74) is 1.26. The van der Waals surface area contributed by atoms with Crippen LogP contribution in [0.1, 0.15) is 28.3 Å². The average molecular weight is 315 g/mol. The van der Waals surface area contributed by atoms with E-state index in [0.29, 0.717) is 6.54 Å². The van der Waals surface area contributed by atoms with Gasteiger partial charge in [-0.3, -0.25) is 9.69 Å². The Kier molecular flexibility index (Phi) is 4.85. The maximum absolute atomic E-state index is 12.5. The van der Waals surface area contributed by atoms with Gasteiger partial charge in [-0.1, -0.05) is 30.3 Å². The minimum Gasteiger partial charge on any atom is -0.348 e. The van der Waals surface area contributed by atoms with Crippen LogP contribution in [0.4, 0.5) is 0 Å². The Balaban J connectivity index is 1.56. The number of amides is 1. The van der Waals surface area contributed by atoms with Crippen molar-refractivity contribution in [2.75, 3.05) is 6.54 Å². The molecule has 1 aliphatic heterocycles. The molecule has 0 bridgehead atoms. The van der Waals surface area contributed by atoms with Gasteiger partial charge in [0, 0.05) is 17.6 Å². The fraction of sp³-hybridized carbons (Fsp3) is 0.412. The average Bonchev–Trinajstić information content (AvgIpc) is 3.15. The van der Waals surface area contributed by atoms with Gasteiger partial charge in [0.05, 0.1) is 12.6 Å². The second kappa shape index (κ2) is 7.03. The molecule has 1 saturated heterocycles. The zero-order chi connectivity index (χ0) is 15.4. The Hall–Kier alpha value is -1.72. The van der Waals surface area contributed by atoms with Crippen LogP contribution in [0.2, 0.25) is 0 Å². The summed E-state index contributed by atoms with van der Waals surface area (Å²) in [5.74, 6) is 0.126. The van der Waals surface area contributed by atoms with Crippen molar-refractivity contribution in [3.05, 3.63) is 52.0 Å². The lowest BCUT2D eigenvalue weighted by Gasteiger charge is -2.23. The third kappa shape index (κ3) is 3.72. The number of carbonyl (C=O) groups excluding carboxylic acids is 1. The number of benzene rings is 1. The molecule has 0 aliphatic carbocycles. The molecule has 1 N–H and O–H groups in total. The molecule has 3 rings (SSSR count). The quantitative estimate of drug-likeness (QED) is 0.923. The standard InChI is InChI=1S/C17H21N3OS/c1-13-10-18-16(22-13)11-19-17(21)15-8-5-9-20(15)12-14-6-3-2-4-7-14/h2-4,6-7,10,15H,5,8-9,11-12H2,1H3,(H,19,21)/t15-/m0/s1. The molecule has 1 fully saturated rings. The van der Waals surface area contributed by atoms with Crippen molar-refractivity contribution in [1.82, 2.24) is 15.2 Å². The number of aromatic nitrogens is 1. The summed E-state index contributed by atoms with van der Waals surface area (Å²) < 4.78 is 0. The molecule has 1 atom stereocenters. The van der Waals surface area contributed by atoms with Crippen molar-refractivity contribution in [2.45, 2.75) is 38.9 Å². The van der Waals surface area contributed by atoms with Crippen molar-refractivity contribution in [3.63, 3.8) is 0 Å². The topological polar surface area (TPSA) is 45.2 Å². The Morgan fingerprint density at radius 2 is 2.23 bits per heavy atom. The van der Waals surface area contributed by atoms with Crippen LogP contribution in [-0.4, -0.2) is 28.4 Å². The first-order chi connectivity index (χ1) is 10.7. The molecule has 2 aromatic rings. The van der Waals surface area contributed by atoms with E-state index in [1.807, 2.05) is 31.3 Å². The van der Waals surface area contributed by atoms with Crippen LogP contribution in [-0.2, 0) is 17.9 Å². The molecule has 5 heteroatoms. The number of carbonyl (C=O) groups is 1. The maximum atomic E-state index is 12.5. The van der Waals surface area contributed by atoms with Crippen LogP contribution in [0, 0.1) is 6.92 Å². The highest BCUT2D eigenvalue weighted by molar-refractivity contribution is 7.11. The van der Waals surface area contributed by atoms with Gasteiger partial charge >= 0.3 is 0 Å². The van der Waals surface area contributed by atoms with Crippen molar-refractivity contribution < 1.29 is 4.79 Å². The highest BCUT2D eigenvalue weighted by Gasteiger charge is 2.30. The molecule has 0 saturated carbocycles. The molecule has 4 nitrogen and oxygen atoms in total. The van der Waals surface area contributed by atoms with Crippen LogP contribution in [0.15, 0.2) is 36.5 Å². The largest absolute Gasteiger partial charge is 0.348 e. The van der Waals surface area contributed by atoms with E-state index in [1.165, 1.54) is 10.4 Å². The number of thiazole rings is 1. The second-order valence-corrected chi connectivity index (χ2v) is 7.02. The number of nitrogens with zero attached hydrogens (tertiary/aromatic N) is 2. The second-order valence-electron chi connectivity index (χ2n) is 5.70. The van der Waals surface area contributed by atoms with Gasteiger partial charge in [-0.25, -0.2) is 4.98 Å². The molecule has 0 spiro atoms. The molecule has 116 valence electrons. The van der Waals surface area contributed by atoms with Crippen molar-refractivity contribution in [2.24, 2.45) is 0 Å². The molecular formula is C17H21N3OS. The monoisotopic (exact) mass is 315 g/mol. The van der Waals surface area contributed by atoms with Gasteiger partial charge in [-0.2, -0.15) is 0 Å². The van der Waals surface area contributed by atoms with Gasteiger partial charge in [-0.15, -0.1) is 11.3 Å². The van der Waals surface area contributed by atoms with Crippen molar-refractivity contribution >= 4 is 17.2 Å². The lowest BCUT2D eigenvalue weighted by atomic mass is 10.1. The van der Waals surface area contributed by atoms with Crippen molar-refractivity contribution in [1.29, 1.82) is 0 Å². The van der Waals surface area contributed by atoms with E-state index < -0.39 is 0 Å². The van der Waals surface area contributed by atoms with Gasteiger partial charge in [0.2, 0.25) is 5.91 Å². The van der Waals surface area contributed by atoms with Crippen LogP contribution < -0.4 is 5.32 Å². The highest BCUT2D eigenvalue weighted by Crippen LogP contribution is 2.20. The summed E-state index contributed by atoms with van der Waals surface area (Å²) in [6.07, 6.45) is 3.88. The molecule has 22 heavy (non-hydrogen) atoms.